The standard InChI is InChI=1S/C12H19N3O3/c1-7(2)11(16)6-10-12(15(17)18)9(5)13-14(10)8(3)4/h7-8H,6H2,1-5H3. The molecule has 0 aromatic carbocycles. The Balaban J connectivity index is 3.28. The highest BCUT2D eigenvalue weighted by atomic mass is 16.6. The summed E-state index contributed by atoms with van der Waals surface area (Å²) in [7, 11) is 0. The van der Waals surface area contributed by atoms with Gasteiger partial charge in [0.05, 0.1) is 11.3 Å². The molecule has 6 heteroatoms. The number of ketones is 1. The van der Waals surface area contributed by atoms with E-state index < -0.39 is 4.92 Å². The van der Waals surface area contributed by atoms with Crippen molar-refractivity contribution in [2.24, 2.45) is 5.92 Å². The van der Waals surface area contributed by atoms with Gasteiger partial charge in [0.2, 0.25) is 0 Å². The van der Waals surface area contributed by atoms with Gasteiger partial charge in [-0.3, -0.25) is 19.6 Å². The molecule has 0 N–H and O–H groups in total. The second kappa shape index (κ2) is 5.29. The summed E-state index contributed by atoms with van der Waals surface area (Å²) in [6, 6.07) is -0.00707. The Kier molecular flexibility index (Phi) is 4.21. The number of nitro groups is 1. The van der Waals surface area contributed by atoms with Crippen LogP contribution in [0.4, 0.5) is 5.69 Å². The lowest BCUT2D eigenvalue weighted by atomic mass is 10.0. The zero-order chi connectivity index (χ0) is 14.0. The fourth-order valence-electron chi connectivity index (χ4n) is 1.79. The molecular weight excluding hydrogens is 234 g/mol. The zero-order valence-corrected chi connectivity index (χ0v) is 11.4. The summed E-state index contributed by atoms with van der Waals surface area (Å²) >= 11 is 0. The largest absolute Gasteiger partial charge is 0.313 e. The average molecular weight is 253 g/mol. The van der Waals surface area contributed by atoms with Crippen LogP contribution in [0.25, 0.3) is 0 Å². The van der Waals surface area contributed by atoms with Crippen LogP contribution in [0.3, 0.4) is 0 Å². The molecule has 0 aliphatic carbocycles. The van der Waals surface area contributed by atoms with Gasteiger partial charge in [-0.15, -0.1) is 0 Å². The molecule has 6 nitrogen and oxygen atoms in total. The lowest BCUT2D eigenvalue weighted by molar-refractivity contribution is -0.386. The third kappa shape index (κ3) is 2.75. The SMILES string of the molecule is Cc1nn(C(C)C)c(CC(=O)C(C)C)c1[N+](=O)[O-]. The summed E-state index contributed by atoms with van der Waals surface area (Å²) in [6.45, 7) is 8.95. The van der Waals surface area contributed by atoms with Crippen LogP contribution in [0, 0.1) is 23.0 Å². The van der Waals surface area contributed by atoms with Gasteiger partial charge in [-0.2, -0.15) is 5.10 Å². The van der Waals surface area contributed by atoms with E-state index in [9.17, 15) is 14.9 Å². The van der Waals surface area contributed by atoms with E-state index >= 15 is 0 Å². The van der Waals surface area contributed by atoms with E-state index in [2.05, 4.69) is 5.10 Å². The minimum Gasteiger partial charge on any atom is -0.299 e. The normalized spacial score (nSPS) is 11.3. The van der Waals surface area contributed by atoms with Crippen LogP contribution in [0.15, 0.2) is 0 Å². The highest BCUT2D eigenvalue weighted by molar-refractivity contribution is 5.83. The molecule has 0 saturated heterocycles. The van der Waals surface area contributed by atoms with Gasteiger partial charge in [0, 0.05) is 12.0 Å². The van der Waals surface area contributed by atoms with Gasteiger partial charge in [0.1, 0.15) is 17.2 Å². The van der Waals surface area contributed by atoms with Gasteiger partial charge in [-0.25, -0.2) is 0 Å². The fourth-order valence-corrected chi connectivity index (χ4v) is 1.79. The summed E-state index contributed by atoms with van der Waals surface area (Å²) in [5, 5.41) is 15.2. The van der Waals surface area contributed by atoms with Crippen LogP contribution in [0.5, 0.6) is 0 Å². The summed E-state index contributed by atoms with van der Waals surface area (Å²) in [4.78, 5) is 22.4. The topological polar surface area (TPSA) is 78.0 Å². The van der Waals surface area contributed by atoms with Crippen molar-refractivity contribution >= 4 is 11.5 Å². The number of carbonyl (C=O) groups excluding carboxylic acids is 1. The lowest BCUT2D eigenvalue weighted by Crippen LogP contribution is -2.16. The van der Waals surface area contributed by atoms with Crippen LogP contribution in [0.1, 0.15) is 45.1 Å². The Labute approximate surface area is 106 Å². The minimum absolute atomic E-state index is 0.00707. The van der Waals surface area contributed by atoms with Crippen LogP contribution < -0.4 is 0 Å². The molecule has 18 heavy (non-hydrogen) atoms. The van der Waals surface area contributed by atoms with Crippen LogP contribution in [-0.4, -0.2) is 20.5 Å². The maximum absolute atomic E-state index is 11.8. The molecule has 100 valence electrons. The molecule has 0 unspecified atom stereocenters. The molecule has 0 radical (unpaired) electrons. The molecule has 0 amide bonds. The van der Waals surface area contributed by atoms with Gasteiger partial charge in [-0.05, 0) is 20.8 Å². The molecule has 0 fully saturated rings. The third-order valence-electron chi connectivity index (χ3n) is 2.81. The van der Waals surface area contributed by atoms with E-state index in [4.69, 9.17) is 0 Å². The van der Waals surface area contributed by atoms with Crippen molar-refractivity contribution < 1.29 is 9.72 Å². The molecule has 1 aromatic rings. The lowest BCUT2D eigenvalue weighted by Gasteiger charge is -2.10. The van der Waals surface area contributed by atoms with Crippen molar-refractivity contribution in [1.82, 2.24) is 9.78 Å². The number of aryl methyl sites for hydroxylation is 1. The van der Waals surface area contributed by atoms with Crippen LogP contribution >= 0.6 is 0 Å². The molecule has 1 rings (SSSR count). The molecule has 0 saturated carbocycles. The number of hydrogen-bond donors (Lipinski definition) is 0. The van der Waals surface area contributed by atoms with Gasteiger partial charge in [0.25, 0.3) is 0 Å². The number of Topliss-reactive ketones (excluding diaryl/α,β-unsaturated/α-hetero) is 1. The van der Waals surface area contributed by atoms with E-state index in [0.29, 0.717) is 11.4 Å². The third-order valence-corrected chi connectivity index (χ3v) is 2.81. The van der Waals surface area contributed by atoms with Crippen molar-refractivity contribution in [2.45, 2.75) is 47.1 Å². The second-order valence-corrected chi connectivity index (χ2v) is 4.97. The van der Waals surface area contributed by atoms with E-state index in [1.807, 2.05) is 13.8 Å². The van der Waals surface area contributed by atoms with Gasteiger partial charge in [0.15, 0.2) is 0 Å². The molecule has 0 bridgehead atoms. The second-order valence-electron chi connectivity index (χ2n) is 4.97. The predicted octanol–water partition coefficient (Wildman–Crippen LogP) is 2.45. The Hall–Kier alpha value is -1.72. The van der Waals surface area contributed by atoms with E-state index in [0.717, 1.165) is 0 Å². The first-order valence-corrected chi connectivity index (χ1v) is 6.00. The minimum atomic E-state index is -0.454. The highest BCUT2D eigenvalue weighted by Crippen LogP contribution is 2.26. The first-order chi connectivity index (χ1) is 8.25. The number of carbonyl (C=O) groups is 1. The van der Waals surface area contributed by atoms with Crippen molar-refractivity contribution in [3.8, 4) is 0 Å². The Bertz CT molecular complexity index is 475. The van der Waals surface area contributed by atoms with Crippen molar-refractivity contribution in [1.29, 1.82) is 0 Å². The first kappa shape index (κ1) is 14.3. The molecular formula is C12H19N3O3. The monoisotopic (exact) mass is 253 g/mol. The Morgan fingerprint density at radius 2 is 1.94 bits per heavy atom. The average Bonchev–Trinajstić information content (AvgIpc) is 2.55. The van der Waals surface area contributed by atoms with Crippen molar-refractivity contribution in [3.63, 3.8) is 0 Å². The number of nitrogens with zero attached hydrogens (tertiary/aromatic N) is 3. The van der Waals surface area contributed by atoms with Crippen LogP contribution in [-0.2, 0) is 11.2 Å². The van der Waals surface area contributed by atoms with E-state index in [1.54, 1.807) is 25.5 Å². The number of hydrogen-bond acceptors (Lipinski definition) is 4. The molecule has 0 atom stereocenters. The molecule has 1 heterocycles. The molecule has 1 aromatic heterocycles. The van der Waals surface area contributed by atoms with Gasteiger partial charge >= 0.3 is 5.69 Å². The van der Waals surface area contributed by atoms with Crippen molar-refractivity contribution in [2.75, 3.05) is 0 Å². The van der Waals surface area contributed by atoms with E-state index in [1.165, 1.54) is 0 Å². The Morgan fingerprint density at radius 1 is 1.39 bits per heavy atom. The van der Waals surface area contributed by atoms with Crippen LogP contribution in [0.2, 0.25) is 0 Å². The number of rotatable bonds is 5. The smallest absolute Gasteiger partial charge is 0.299 e. The maximum atomic E-state index is 11.8. The quantitative estimate of drug-likeness (QED) is 0.596. The first-order valence-electron chi connectivity index (χ1n) is 6.00. The zero-order valence-electron chi connectivity index (χ0n) is 11.4. The summed E-state index contributed by atoms with van der Waals surface area (Å²) in [5.74, 6) is -0.152. The molecule has 0 aliphatic heterocycles. The van der Waals surface area contributed by atoms with E-state index in [-0.39, 0.29) is 29.9 Å². The predicted molar refractivity (Wildman–Crippen MR) is 67.6 cm³/mol. The fraction of sp³-hybridized carbons (Fsp3) is 0.667. The summed E-state index contributed by atoms with van der Waals surface area (Å²) in [6.07, 6.45) is 0.0625. The number of aromatic nitrogens is 2. The summed E-state index contributed by atoms with van der Waals surface area (Å²) < 4.78 is 1.58. The highest BCUT2D eigenvalue weighted by Gasteiger charge is 2.28. The summed E-state index contributed by atoms with van der Waals surface area (Å²) in [5.41, 5.74) is 0.740. The van der Waals surface area contributed by atoms with Gasteiger partial charge < -0.3 is 0 Å². The molecule has 0 aliphatic rings. The molecule has 0 spiro atoms. The maximum Gasteiger partial charge on any atom is 0.313 e. The van der Waals surface area contributed by atoms with Crippen molar-refractivity contribution in [3.05, 3.63) is 21.5 Å². The Morgan fingerprint density at radius 3 is 2.33 bits per heavy atom. The van der Waals surface area contributed by atoms with Gasteiger partial charge in [-0.1, -0.05) is 13.8 Å².